The van der Waals surface area contributed by atoms with Crippen LogP contribution in [0.1, 0.15) is 12.5 Å². The highest BCUT2D eigenvalue weighted by Gasteiger charge is 2.29. The molecule has 0 fully saturated rings. The van der Waals surface area contributed by atoms with Crippen molar-refractivity contribution in [2.75, 3.05) is 0 Å². The van der Waals surface area contributed by atoms with E-state index in [0.29, 0.717) is 16.8 Å². The zero-order valence-electron chi connectivity index (χ0n) is 10.8. The molecule has 0 saturated carbocycles. The van der Waals surface area contributed by atoms with Crippen molar-refractivity contribution in [1.29, 1.82) is 0 Å². The van der Waals surface area contributed by atoms with E-state index in [9.17, 15) is 14.0 Å². The molecule has 2 rings (SSSR count). The van der Waals surface area contributed by atoms with Crippen LogP contribution < -0.4 is 17.0 Å². The quantitative estimate of drug-likeness (QED) is 0.773. The zero-order valence-corrected chi connectivity index (χ0v) is 10.8. The fraction of sp³-hybridized carbons (Fsp3) is 0.143. The summed E-state index contributed by atoms with van der Waals surface area (Å²) in [5.41, 5.74) is 10.5. The molecule has 0 bridgehead atoms. The van der Waals surface area contributed by atoms with Crippen LogP contribution in [0.2, 0.25) is 0 Å². The van der Waals surface area contributed by atoms with Gasteiger partial charge in [0.2, 0.25) is 11.5 Å². The maximum absolute atomic E-state index is 12.9. The Labute approximate surface area is 114 Å². The number of pyridine rings is 1. The molecule has 104 valence electrons. The van der Waals surface area contributed by atoms with Gasteiger partial charge in [-0.1, -0.05) is 0 Å². The number of carbonyl (C=O) groups is 1. The predicted octanol–water partition coefficient (Wildman–Crippen LogP) is 0.840. The van der Waals surface area contributed by atoms with Gasteiger partial charge in [0.1, 0.15) is 11.4 Å². The lowest BCUT2D eigenvalue weighted by Crippen LogP contribution is -2.46. The van der Waals surface area contributed by atoms with Crippen LogP contribution >= 0.6 is 0 Å². The lowest BCUT2D eigenvalue weighted by molar-refractivity contribution is -0.122. The lowest BCUT2D eigenvalue weighted by atomic mass is 9.92. The average Bonchev–Trinajstić information content (AvgIpc) is 2.38. The Kier molecular flexibility index (Phi) is 3.42. The molecule has 20 heavy (non-hydrogen) atoms. The number of aromatic nitrogens is 1. The molecule has 5 nitrogen and oxygen atoms in total. The number of carbonyl (C=O) groups excluding carboxylic acids is 1. The summed E-state index contributed by atoms with van der Waals surface area (Å²) in [6, 6.07) is 8.36. The van der Waals surface area contributed by atoms with Crippen molar-refractivity contribution in [3.8, 4) is 11.3 Å². The number of halogens is 1. The molecule has 0 aliphatic carbocycles. The first-order valence-corrected chi connectivity index (χ1v) is 5.90. The number of hydrogen-bond donors (Lipinski definition) is 3. The minimum Gasteiger partial charge on any atom is -0.368 e. The minimum absolute atomic E-state index is 0.299. The Morgan fingerprint density at radius 1 is 1.25 bits per heavy atom. The van der Waals surface area contributed by atoms with Gasteiger partial charge in [-0.3, -0.25) is 9.59 Å². The van der Waals surface area contributed by atoms with Crippen LogP contribution in [0.4, 0.5) is 4.39 Å². The Morgan fingerprint density at radius 3 is 2.40 bits per heavy atom. The third kappa shape index (κ3) is 2.60. The first kappa shape index (κ1) is 14.0. The monoisotopic (exact) mass is 275 g/mol. The highest BCUT2D eigenvalue weighted by atomic mass is 19.1. The highest BCUT2D eigenvalue weighted by molar-refractivity contribution is 5.85. The van der Waals surface area contributed by atoms with Gasteiger partial charge in [0, 0.05) is 11.8 Å². The molecule has 5 N–H and O–H groups in total. The van der Waals surface area contributed by atoms with Crippen LogP contribution in [-0.2, 0) is 10.3 Å². The SMILES string of the molecule is CC(N)(C(N)=O)c1cc(-c2ccc(F)cc2)[nH]c(=O)c1. The Bertz CT molecular complexity index is 705. The molecule has 0 spiro atoms. The number of nitrogens with one attached hydrogen (secondary N) is 1. The summed E-state index contributed by atoms with van der Waals surface area (Å²) in [5, 5.41) is 0. The van der Waals surface area contributed by atoms with Gasteiger partial charge in [-0.2, -0.15) is 0 Å². The van der Waals surface area contributed by atoms with Crippen molar-refractivity contribution >= 4 is 5.91 Å². The van der Waals surface area contributed by atoms with Gasteiger partial charge in [0.15, 0.2) is 0 Å². The van der Waals surface area contributed by atoms with Gasteiger partial charge in [-0.25, -0.2) is 4.39 Å². The number of nitrogens with two attached hydrogens (primary N) is 2. The number of aromatic amines is 1. The molecule has 0 radical (unpaired) electrons. The Morgan fingerprint density at radius 2 is 1.85 bits per heavy atom. The summed E-state index contributed by atoms with van der Waals surface area (Å²) in [6.45, 7) is 1.43. The normalized spacial score (nSPS) is 13.8. The first-order valence-electron chi connectivity index (χ1n) is 5.90. The van der Waals surface area contributed by atoms with Crippen LogP contribution in [0, 0.1) is 5.82 Å². The van der Waals surface area contributed by atoms with Gasteiger partial charge < -0.3 is 16.5 Å². The minimum atomic E-state index is -1.46. The van der Waals surface area contributed by atoms with Crippen LogP contribution in [0.3, 0.4) is 0 Å². The summed E-state index contributed by atoms with van der Waals surface area (Å²) in [6.07, 6.45) is 0. The number of rotatable bonds is 3. The fourth-order valence-corrected chi connectivity index (χ4v) is 1.77. The van der Waals surface area contributed by atoms with Crippen molar-refractivity contribution in [3.63, 3.8) is 0 Å². The van der Waals surface area contributed by atoms with Gasteiger partial charge >= 0.3 is 0 Å². The zero-order chi connectivity index (χ0) is 14.9. The number of hydrogen-bond acceptors (Lipinski definition) is 3. The van der Waals surface area contributed by atoms with Crippen LogP contribution in [0.15, 0.2) is 41.2 Å². The summed E-state index contributed by atoms with van der Waals surface area (Å²) in [7, 11) is 0. The van der Waals surface area contributed by atoms with Crippen molar-refractivity contribution in [3.05, 3.63) is 58.1 Å². The number of H-pyrrole nitrogens is 1. The smallest absolute Gasteiger partial charge is 0.248 e. The maximum Gasteiger partial charge on any atom is 0.248 e. The molecular weight excluding hydrogens is 261 g/mol. The van der Waals surface area contributed by atoms with E-state index in [2.05, 4.69) is 4.98 Å². The van der Waals surface area contributed by atoms with E-state index in [-0.39, 0.29) is 5.82 Å². The van der Waals surface area contributed by atoms with Gasteiger partial charge in [-0.05, 0) is 48.4 Å². The molecule has 0 saturated heterocycles. The second kappa shape index (κ2) is 4.90. The van der Waals surface area contributed by atoms with Crippen molar-refractivity contribution in [2.45, 2.75) is 12.5 Å². The van der Waals surface area contributed by atoms with Gasteiger partial charge in [-0.15, -0.1) is 0 Å². The van der Waals surface area contributed by atoms with E-state index >= 15 is 0 Å². The highest BCUT2D eigenvalue weighted by Crippen LogP contribution is 2.22. The number of amides is 1. The Balaban J connectivity index is 2.57. The molecule has 1 amide bonds. The molecule has 1 aromatic heterocycles. The lowest BCUT2D eigenvalue weighted by Gasteiger charge is -2.21. The van der Waals surface area contributed by atoms with Gasteiger partial charge in [0.25, 0.3) is 0 Å². The second-order valence-electron chi connectivity index (χ2n) is 4.72. The van der Waals surface area contributed by atoms with E-state index in [1.54, 1.807) is 6.07 Å². The van der Waals surface area contributed by atoms with Crippen molar-refractivity contribution in [2.24, 2.45) is 11.5 Å². The summed E-state index contributed by atoms with van der Waals surface area (Å²) in [5.74, 6) is -1.12. The van der Waals surface area contributed by atoms with E-state index in [1.165, 1.54) is 37.3 Å². The second-order valence-corrected chi connectivity index (χ2v) is 4.72. The molecule has 1 heterocycles. The van der Waals surface area contributed by atoms with Crippen molar-refractivity contribution < 1.29 is 9.18 Å². The number of benzene rings is 1. The molecule has 1 aromatic carbocycles. The van der Waals surface area contributed by atoms with E-state index in [4.69, 9.17) is 11.5 Å². The van der Waals surface area contributed by atoms with Crippen molar-refractivity contribution in [1.82, 2.24) is 4.98 Å². The third-order valence-corrected chi connectivity index (χ3v) is 3.11. The van der Waals surface area contributed by atoms with Crippen LogP contribution in [0.5, 0.6) is 0 Å². The summed E-state index contributed by atoms with van der Waals surface area (Å²) >= 11 is 0. The molecule has 0 aliphatic heterocycles. The van der Waals surface area contributed by atoms with Crippen LogP contribution in [-0.4, -0.2) is 10.9 Å². The van der Waals surface area contributed by atoms with Gasteiger partial charge in [0.05, 0.1) is 0 Å². The summed E-state index contributed by atoms with van der Waals surface area (Å²) < 4.78 is 12.9. The summed E-state index contributed by atoms with van der Waals surface area (Å²) in [4.78, 5) is 25.7. The number of primary amides is 1. The fourth-order valence-electron chi connectivity index (χ4n) is 1.77. The molecule has 6 heteroatoms. The largest absolute Gasteiger partial charge is 0.368 e. The predicted molar refractivity (Wildman–Crippen MR) is 73.2 cm³/mol. The third-order valence-electron chi connectivity index (χ3n) is 3.11. The topological polar surface area (TPSA) is 102 Å². The molecule has 1 atom stereocenters. The van der Waals surface area contributed by atoms with E-state index < -0.39 is 17.0 Å². The maximum atomic E-state index is 12.9. The standard InChI is InChI=1S/C14H14FN3O2/c1-14(17,13(16)20)9-6-11(18-12(19)7-9)8-2-4-10(15)5-3-8/h2-7H,17H2,1H3,(H2,16,20)(H,18,19). The molecule has 1 unspecified atom stereocenters. The first-order chi connectivity index (χ1) is 9.30. The van der Waals surface area contributed by atoms with E-state index in [1.807, 2.05) is 0 Å². The van der Waals surface area contributed by atoms with E-state index in [0.717, 1.165) is 0 Å². The molecule has 2 aromatic rings. The Hall–Kier alpha value is -2.47. The molecular formula is C14H14FN3O2. The average molecular weight is 275 g/mol. The molecule has 0 aliphatic rings. The van der Waals surface area contributed by atoms with Crippen LogP contribution in [0.25, 0.3) is 11.3 Å².